The van der Waals surface area contributed by atoms with Gasteiger partial charge in [0.05, 0.1) is 12.8 Å². The molecule has 0 aromatic carbocycles. The second kappa shape index (κ2) is 3.88. The van der Waals surface area contributed by atoms with Crippen molar-refractivity contribution in [3.63, 3.8) is 0 Å². The zero-order valence-corrected chi connectivity index (χ0v) is 9.01. The average molecular weight is 221 g/mol. The van der Waals surface area contributed by atoms with E-state index in [2.05, 4.69) is 10.1 Å². The number of hydrogen-bond acceptors (Lipinski definition) is 5. The fourth-order valence-electron chi connectivity index (χ4n) is 1.58. The van der Waals surface area contributed by atoms with Crippen molar-refractivity contribution in [2.45, 2.75) is 6.92 Å². The second-order valence-corrected chi connectivity index (χ2v) is 3.37. The Labute approximate surface area is 91.9 Å². The number of carbonyl (C=O) groups excluding carboxylic acids is 2. The van der Waals surface area contributed by atoms with Gasteiger partial charge >= 0.3 is 5.97 Å². The lowest BCUT2D eigenvalue weighted by atomic mass is 10.00. The van der Waals surface area contributed by atoms with Crippen LogP contribution in [0.4, 0.5) is 5.69 Å². The first-order valence-electron chi connectivity index (χ1n) is 4.92. The number of hydrogen-bond donors (Lipinski definition) is 0. The monoisotopic (exact) mass is 221 g/mol. The largest absolute Gasteiger partial charge is 0.465 e. The van der Waals surface area contributed by atoms with E-state index in [9.17, 15) is 9.59 Å². The minimum atomic E-state index is -0.942. The highest BCUT2D eigenvalue weighted by Crippen LogP contribution is 2.25. The number of nitrogens with zero attached hydrogens (tertiary/aromatic N) is 3. The van der Waals surface area contributed by atoms with Gasteiger partial charge in [-0.15, -0.1) is 0 Å². The van der Waals surface area contributed by atoms with Crippen LogP contribution in [0, 0.1) is 5.92 Å². The van der Waals surface area contributed by atoms with Crippen LogP contribution in [0.1, 0.15) is 17.4 Å². The molecule has 0 aliphatic carbocycles. The van der Waals surface area contributed by atoms with Gasteiger partial charge in [0, 0.05) is 13.3 Å². The molecule has 1 aliphatic heterocycles. The number of aliphatic imine (C=N–C) groups is 1. The van der Waals surface area contributed by atoms with E-state index in [1.165, 1.54) is 17.1 Å². The van der Waals surface area contributed by atoms with Gasteiger partial charge in [0.2, 0.25) is 5.78 Å². The van der Waals surface area contributed by atoms with E-state index >= 15 is 0 Å². The van der Waals surface area contributed by atoms with E-state index in [4.69, 9.17) is 4.74 Å². The number of aromatic nitrogens is 2. The van der Waals surface area contributed by atoms with Crippen LogP contribution in [0.5, 0.6) is 0 Å². The Kier molecular flexibility index (Phi) is 2.55. The van der Waals surface area contributed by atoms with Gasteiger partial charge in [0.1, 0.15) is 11.4 Å². The molecule has 6 nitrogen and oxygen atoms in total. The van der Waals surface area contributed by atoms with E-state index in [-0.39, 0.29) is 12.4 Å². The number of esters is 1. The van der Waals surface area contributed by atoms with Crippen LogP contribution in [-0.2, 0) is 16.6 Å². The van der Waals surface area contributed by atoms with Crippen LogP contribution >= 0.6 is 0 Å². The van der Waals surface area contributed by atoms with Gasteiger partial charge < -0.3 is 4.74 Å². The van der Waals surface area contributed by atoms with Crippen molar-refractivity contribution in [1.29, 1.82) is 0 Å². The Hall–Kier alpha value is -1.98. The third-order valence-corrected chi connectivity index (χ3v) is 2.34. The van der Waals surface area contributed by atoms with Crippen LogP contribution in [-0.4, -0.2) is 34.4 Å². The normalized spacial score (nSPS) is 18.4. The van der Waals surface area contributed by atoms with E-state index < -0.39 is 11.9 Å². The van der Waals surface area contributed by atoms with Crippen LogP contribution < -0.4 is 0 Å². The SMILES string of the molecule is CCOC(=O)C1C=Nc2cnn(C)c2C1=O. The molecule has 0 spiro atoms. The van der Waals surface area contributed by atoms with Crippen molar-refractivity contribution >= 4 is 23.7 Å². The molecule has 84 valence electrons. The highest BCUT2D eigenvalue weighted by Gasteiger charge is 2.34. The van der Waals surface area contributed by atoms with Gasteiger partial charge in [0.15, 0.2) is 5.92 Å². The standard InChI is InChI=1S/C10H11N3O3/c1-3-16-10(15)6-4-11-7-5-12-13(2)8(7)9(6)14/h4-6H,3H2,1-2H3. The summed E-state index contributed by atoms with van der Waals surface area (Å²) in [7, 11) is 1.64. The molecule has 0 N–H and O–H groups in total. The first-order valence-corrected chi connectivity index (χ1v) is 4.92. The fraction of sp³-hybridized carbons (Fsp3) is 0.400. The summed E-state index contributed by atoms with van der Waals surface area (Å²) >= 11 is 0. The summed E-state index contributed by atoms with van der Waals surface area (Å²) in [5.74, 6) is -1.82. The Bertz CT molecular complexity index is 476. The lowest BCUT2D eigenvalue weighted by Gasteiger charge is -2.14. The summed E-state index contributed by atoms with van der Waals surface area (Å²) in [6.07, 6.45) is 2.80. The van der Waals surface area contributed by atoms with Crippen LogP contribution in [0.15, 0.2) is 11.2 Å². The van der Waals surface area contributed by atoms with Gasteiger partial charge in [-0.25, -0.2) is 0 Å². The molecule has 0 saturated carbocycles. The summed E-state index contributed by atoms with van der Waals surface area (Å²) < 4.78 is 6.22. The molecule has 1 unspecified atom stereocenters. The Morgan fingerprint density at radius 3 is 3.06 bits per heavy atom. The molecule has 0 radical (unpaired) electrons. The van der Waals surface area contributed by atoms with Crippen molar-refractivity contribution < 1.29 is 14.3 Å². The number of Topliss-reactive ketones (excluding diaryl/α,β-unsaturated/α-hetero) is 1. The van der Waals surface area contributed by atoms with Crippen LogP contribution in [0.25, 0.3) is 0 Å². The molecule has 1 aromatic heterocycles. The molecule has 2 heterocycles. The number of aryl methyl sites for hydroxylation is 1. The number of ether oxygens (including phenoxy) is 1. The van der Waals surface area contributed by atoms with Gasteiger partial charge in [-0.2, -0.15) is 5.10 Å². The maximum atomic E-state index is 12.0. The fourth-order valence-corrected chi connectivity index (χ4v) is 1.58. The van der Waals surface area contributed by atoms with Crippen LogP contribution in [0.3, 0.4) is 0 Å². The molecule has 2 rings (SSSR count). The predicted molar refractivity (Wildman–Crippen MR) is 55.8 cm³/mol. The topological polar surface area (TPSA) is 73.5 Å². The minimum Gasteiger partial charge on any atom is -0.465 e. The van der Waals surface area contributed by atoms with Crippen molar-refractivity contribution in [1.82, 2.24) is 9.78 Å². The lowest BCUT2D eigenvalue weighted by molar-refractivity contribution is -0.144. The van der Waals surface area contributed by atoms with E-state index in [0.717, 1.165) is 0 Å². The molecular weight excluding hydrogens is 210 g/mol. The lowest BCUT2D eigenvalue weighted by Crippen LogP contribution is -2.30. The van der Waals surface area contributed by atoms with Crippen LogP contribution in [0.2, 0.25) is 0 Å². The molecule has 0 saturated heterocycles. The summed E-state index contributed by atoms with van der Waals surface area (Å²) in [6.45, 7) is 1.94. The summed E-state index contributed by atoms with van der Waals surface area (Å²) in [5.41, 5.74) is 0.841. The summed E-state index contributed by atoms with van der Waals surface area (Å²) in [6, 6.07) is 0. The third kappa shape index (κ3) is 1.52. The van der Waals surface area contributed by atoms with Gasteiger partial charge in [0.25, 0.3) is 0 Å². The molecule has 1 aromatic rings. The van der Waals surface area contributed by atoms with E-state index in [0.29, 0.717) is 11.4 Å². The Morgan fingerprint density at radius 2 is 2.38 bits per heavy atom. The van der Waals surface area contributed by atoms with Crippen molar-refractivity contribution in [3.05, 3.63) is 11.9 Å². The second-order valence-electron chi connectivity index (χ2n) is 3.37. The van der Waals surface area contributed by atoms with Crippen molar-refractivity contribution in [2.75, 3.05) is 6.61 Å². The predicted octanol–water partition coefficient (Wildman–Crippen LogP) is 0.498. The zero-order chi connectivity index (χ0) is 11.7. The molecule has 1 aliphatic rings. The molecule has 0 amide bonds. The van der Waals surface area contributed by atoms with Crippen molar-refractivity contribution in [2.24, 2.45) is 18.0 Å². The maximum absolute atomic E-state index is 12.0. The molecule has 6 heteroatoms. The third-order valence-electron chi connectivity index (χ3n) is 2.34. The average Bonchev–Trinajstić information content (AvgIpc) is 2.62. The number of fused-ring (bicyclic) bond motifs is 1. The number of rotatable bonds is 2. The first kappa shape index (κ1) is 10.5. The molecule has 0 fully saturated rings. The van der Waals surface area contributed by atoms with E-state index in [1.54, 1.807) is 14.0 Å². The van der Waals surface area contributed by atoms with Gasteiger partial charge in [-0.05, 0) is 6.92 Å². The zero-order valence-electron chi connectivity index (χ0n) is 9.01. The molecule has 1 atom stereocenters. The van der Waals surface area contributed by atoms with Crippen molar-refractivity contribution in [3.8, 4) is 0 Å². The number of ketones is 1. The maximum Gasteiger partial charge on any atom is 0.322 e. The van der Waals surface area contributed by atoms with Gasteiger partial charge in [-0.1, -0.05) is 0 Å². The summed E-state index contributed by atoms with van der Waals surface area (Å²) in [5, 5.41) is 3.92. The molecule has 0 bridgehead atoms. The highest BCUT2D eigenvalue weighted by atomic mass is 16.5. The number of carbonyl (C=O) groups is 2. The molecular formula is C10H11N3O3. The smallest absolute Gasteiger partial charge is 0.322 e. The molecule has 16 heavy (non-hydrogen) atoms. The van der Waals surface area contributed by atoms with Gasteiger partial charge in [-0.3, -0.25) is 19.3 Å². The first-order chi connectivity index (χ1) is 7.65. The van der Waals surface area contributed by atoms with E-state index in [1.807, 2.05) is 0 Å². The minimum absolute atomic E-state index is 0.245. The highest BCUT2D eigenvalue weighted by molar-refractivity contribution is 6.21. The Balaban J connectivity index is 2.33. The Morgan fingerprint density at radius 1 is 1.62 bits per heavy atom. The quantitative estimate of drug-likeness (QED) is 0.538. The summed E-state index contributed by atoms with van der Waals surface area (Å²) in [4.78, 5) is 27.5.